The number of amides is 1. The number of nitrogens with one attached hydrogen (secondary N) is 1. The van der Waals surface area contributed by atoms with Gasteiger partial charge in [-0.25, -0.2) is 0 Å². The molecule has 0 saturated carbocycles. The molecule has 3 fully saturated rings. The summed E-state index contributed by atoms with van der Waals surface area (Å²) in [7, 11) is 0. The quantitative estimate of drug-likeness (QED) is 0.819. The number of alkyl halides is 3. The van der Waals surface area contributed by atoms with Crippen LogP contribution in [0.25, 0.3) is 0 Å². The zero-order valence-electron chi connectivity index (χ0n) is 14.3. The molecule has 2 aromatic rings. The van der Waals surface area contributed by atoms with Gasteiger partial charge in [0.15, 0.2) is 0 Å². The highest BCUT2D eigenvalue weighted by molar-refractivity contribution is 7.99. The van der Waals surface area contributed by atoms with E-state index in [-0.39, 0.29) is 11.9 Å². The number of aromatic nitrogens is 1. The number of benzene rings is 1. The van der Waals surface area contributed by atoms with Crippen molar-refractivity contribution >= 4 is 29.2 Å². The van der Waals surface area contributed by atoms with Gasteiger partial charge in [-0.05, 0) is 73.7 Å². The molecule has 1 amide bonds. The Balaban J connectivity index is 1.37. The van der Waals surface area contributed by atoms with Crippen LogP contribution in [0.3, 0.4) is 0 Å². The molecule has 4 heterocycles. The number of carbonyl (C=O) groups excluding carboxylic acids is 1. The Morgan fingerprint density at radius 2 is 1.93 bits per heavy atom. The van der Waals surface area contributed by atoms with E-state index in [4.69, 9.17) is 0 Å². The van der Waals surface area contributed by atoms with Crippen LogP contribution < -0.4 is 5.32 Å². The molecule has 0 spiro atoms. The minimum atomic E-state index is -4.37. The average Bonchev–Trinajstić information content (AvgIpc) is 3.12. The molecular weight excluding hydrogens is 395 g/mol. The molecule has 1 atom stereocenters. The third kappa shape index (κ3) is 4.30. The number of fused-ring (bicyclic) bond motifs is 3. The molecule has 1 aromatic carbocycles. The lowest BCUT2D eigenvalue weighted by Crippen LogP contribution is -2.57. The lowest BCUT2D eigenvalue weighted by Gasteiger charge is -2.44. The van der Waals surface area contributed by atoms with Crippen molar-refractivity contribution in [2.45, 2.75) is 35.0 Å². The van der Waals surface area contributed by atoms with Gasteiger partial charge in [-0.2, -0.15) is 17.5 Å². The summed E-state index contributed by atoms with van der Waals surface area (Å²) >= 11 is 1.60. The van der Waals surface area contributed by atoms with Crippen LogP contribution in [0, 0.1) is 5.92 Å². The van der Waals surface area contributed by atoms with E-state index >= 15 is 0 Å². The van der Waals surface area contributed by atoms with Crippen molar-refractivity contribution in [3.8, 4) is 0 Å². The lowest BCUT2D eigenvalue weighted by molar-refractivity contribution is -0.134. The first kappa shape index (κ1) is 18.8. The monoisotopic (exact) mass is 413 g/mol. The van der Waals surface area contributed by atoms with Crippen molar-refractivity contribution in [1.29, 1.82) is 0 Å². The standard InChI is InChI=1S/C18H18F3N3OS2/c19-18(20,21)15-9-16(23-27-15)26-13-3-1-12(2-4-13)17(25)22-14-10-24-7-5-11(14)6-8-24/h1-4,9,11,14H,5-8,10H2,(H,22,25)/t14-/m0/s1. The number of hydrogen-bond acceptors (Lipinski definition) is 5. The van der Waals surface area contributed by atoms with Gasteiger partial charge in [0.2, 0.25) is 0 Å². The summed E-state index contributed by atoms with van der Waals surface area (Å²) in [5.41, 5.74) is 0.560. The molecule has 5 rings (SSSR count). The zero-order chi connectivity index (χ0) is 19.0. The second-order valence-corrected chi connectivity index (χ2v) is 8.77. The zero-order valence-corrected chi connectivity index (χ0v) is 16.0. The Hall–Kier alpha value is -1.58. The van der Waals surface area contributed by atoms with E-state index in [1.807, 2.05) is 0 Å². The van der Waals surface area contributed by atoms with E-state index in [0.717, 1.165) is 55.2 Å². The van der Waals surface area contributed by atoms with Gasteiger partial charge in [-0.3, -0.25) is 4.79 Å². The highest BCUT2D eigenvalue weighted by Gasteiger charge is 2.35. The van der Waals surface area contributed by atoms with Gasteiger partial charge >= 0.3 is 6.18 Å². The van der Waals surface area contributed by atoms with Gasteiger partial charge < -0.3 is 10.2 Å². The van der Waals surface area contributed by atoms with E-state index in [0.29, 0.717) is 28.0 Å². The summed E-state index contributed by atoms with van der Waals surface area (Å²) in [6.07, 6.45) is -2.10. The summed E-state index contributed by atoms with van der Waals surface area (Å²) in [6, 6.07) is 8.13. The minimum Gasteiger partial charge on any atom is -0.348 e. The molecule has 3 aliphatic rings. The number of halogens is 3. The van der Waals surface area contributed by atoms with Gasteiger partial charge in [-0.1, -0.05) is 11.8 Å². The second-order valence-electron chi connectivity index (χ2n) is 6.87. The first-order chi connectivity index (χ1) is 12.9. The molecule has 1 aromatic heterocycles. The molecule has 0 unspecified atom stereocenters. The molecule has 27 heavy (non-hydrogen) atoms. The Labute approximate surface area is 163 Å². The van der Waals surface area contributed by atoms with Crippen molar-refractivity contribution in [1.82, 2.24) is 14.6 Å². The predicted octanol–water partition coefficient (Wildman–Crippen LogP) is 4.14. The van der Waals surface area contributed by atoms with E-state index < -0.39 is 11.1 Å². The van der Waals surface area contributed by atoms with Gasteiger partial charge in [0.25, 0.3) is 5.91 Å². The smallest absolute Gasteiger partial charge is 0.348 e. The van der Waals surface area contributed by atoms with E-state index in [1.165, 1.54) is 0 Å². The van der Waals surface area contributed by atoms with Crippen LogP contribution in [-0.4, -0.2) is 40.9 Å². The third-order valence-corrected chi connectivity index (χ3v) is 6.96. The molecule has 4 nitrogen and oxygen atoms in total. The van der Waals surface area contributed by atoms with Gasteiger partial charge in [0, 0.05) is 23.0 Å². The van der Waals surface area contributed by atoms with Crippen LogP contribution in [0.4, 0.5) is 13.2 Å². The van der Waals surface area contributed by atoms with Crippen LogP contribution in [0.1, 0.15) is 28.1 Å². The van der Waals surface area contributed by atoms with Crippen molar-refractivity contribution in [3.63, 3.8) is 0 Å². The fourth-order valence-electron chi connectivity index (χ4n) is 3.62. The Kier molecular flexibility index (Phi) is 5.17. The predicted molar refractivity (Wildman–Crippen MR) is 98.1 cm³/mol. The average molecular weight is 413 g/mol. The maximum Gasteiger partial charge on any atom is 0.427 e. The minimum absolute atomic E-state index is 0.0988. The summed E-state index contributed by atoms with van der Waals surface area (Å²) in [5, 5.41) is 3.44. The van der Waals surface area contributed by atoms with Gasteiger partial charge in [0.1, 0.15) is 9.90 Å². The molecule has 3 aliphatic heterocycles. The Morgan fingerprint density at radius 1 is 1.22 bits per heavy atom. The number of hydrogen-bond donors (Lipinski definition) is 1. The molecular formula is C18H18F3N3OS2. The van der Waals surface area contributed by atoms with Crippen LogP contribution in [0.5, 0.6) is 0 Å². The van der Waals surface area contributed by atoms with Gasteiger partial charge in [0.05, 0.1) is 0 Å². The molecule has 144 valence electrons. The lowest BCUT2D eigenvalue weighted by atomic mass is 9.84. The molecule has 2 bridgehead atoms. The van der Waals surface area contributed by atoms with Crippen molar-refractivity contribution in [2.24, 2.45) is 5.92 Å². The molecule has 1 N–H and O–H groups in total. The number of nitrogens with zero attached hydrogens (tertiary/aromatic N) is 2. The first-order valence-corrected chi connectivity index (χ1v) is 10.3. The van der Waals surface area contributed by atoms with Crippen LogP contribution in [0.15, 0.2) is 40.3 Å². The molecule has 0 radical (unpaired) electrons. The van der Waals surface area contributed by atoms with Crippen molar-refractivity contribution in [2.75, 3.05) is 19.6 Å². The Morgan fingerprint density at radius 3 is 2.48 bits per heavy atom. The topological polar surface area (TPSA) is 45.2 Å². The third-order valence-electron chi connectivity index (χ3n) is 5.08. The fourth-order valence-corrected chi connectivity index (χ4v) is 5.15. The summed E-state index contributed by atoms with van der Waals surface area (Å²) < 4.78 is 41.8. The van der Waals surface area contributed by atoms with Crippen molar-refractivity contribution in [3.05, 3.63) is 40.8 Å². The molecule has 3 saturated heterocycles. The maximum absolute atomic E-state index is 12.6. The maximum atomic E-state index is 12.6. The normalized spacial score (nSPS) is 24.8. The number of piperidine rings is 3. The summed E-state index contributed by atoms with van der Waals surface area (Å²) in [4.78, 5) is 14.9. The van der Waals surface area contributed by atoms with E-state index in [9.17, 15) is 18.0 Å². The summed E-state index contributed by atoms with van der Waals surface area (Å²) in [6.45, 7) is 3.15. The summed E-state index contributed by atoms with van der Waals surface area (Å²) in [5.74, 6) is 0.458. The van der Waals surface area contributed by atoms with Gasteiger partial charge in [-0.15, -0.1) is 0 Å². The highest BCUT2D eigenvalue weighted by atomic mass is 32.2. The fraction of sp³-hybridized carbons (Fsp3) is 0.444. The second kappa shape index (κ2) is 7.44. The molecule has 9 heteroatoms. The van der Waals surface area contributed by atoms with Crippen LogP contribution in [-0.2, 0) is 6.18 Å². The number of rotatable bonds is 4. The largest absolute Gasteiger partial charge is 0.427 e. The van der Waals surface area contributed by atoms with Crippen LogP contribution in [0.2, 0.25) is 0 Å². The SMILES string of the molecule is O=C(N[C@H]1CN2CCC1CC2)c1ccc(Sc2cc(C(F)(F)F)sn2)cc1. The van der Waals surface area contributed by atoms with E-state index in [1.54, 1.807) is 24.3 Å². The Bertz CT molecular complexity index is 814. The number of carbonyl (C=O) groups is 1. The van der Waals surface area contributed by atoms with Crippen LogP contribution >= 0.6 is 23.3 Å². The van der Waals surface area contributed by atoms with Crippen molar-refractivity contribution < 1.29 is 18.0 Å². The van der Waals surface area contributed by atoms with E-state index in [2.05, 4.69) is 14.6 Å². The molecule has 0 aliphatic carbocycles. The highest BCUT2D eigenvalue weighted by Crippen LogP contribution is 2.37. The first-order valence-electron chi connectivity index (χ1n) is 8.73.